The highest BCUT2D eigenvalue weighted by Crippen LogP contribution is 2.32. The minimum Gasteiger partial charge on any atom is -0.465 e. The van der Waals surface area contributed by atoms with Crippen LogP contribution in [0.2, 0.25) is 0 Å². The molecule has 0 heterocycles. The summed E-state index contributed by atoms with van der Waals surface area (Å²) in [5.41, 5.74) is -2.23. The smallest absolute Gasteiger partial charge is 0.416 e. The zero-order chi connectivity index (χ0) is 13.9. The maximum Gasteiger partial charge on any atom is 0.416 e. The Hall–Kier alpha value is -2.07. The van der Waals surface area contributed by atoms with Crippen LogP contribution in [0, 0.1) is 11.3 Å². The van der Waals surface area contributed by atoms with E-state index in [-0.39, 0.29) is 11.1 Å². The van der Waals surface area contributed by atoms with E-state index in [9.17, 15) is 18.0 Å². The number of rotatable bonds is 2. The lowest BCUT2D eigenvalue weighted by molar-refractivity contribution is -0.137. The lowest BCUT2D eigenvalue weighted by atomic mass is 9.98. The zero-order valence-electron chi connectivity index (χ0n) is 9.21. The van der Waals surface area contributed by atoms with Crippen LogP contribution in [0.15, 0.2) is 12.1 Å². The van der Waals surface area contributed by atoms with Gasteiger partial charge in [-0.25, -0.2) is 4.79 Å². The quantitative estimate of drug-likeness (QED) is 0.823. The average Bonchev–Trinajstić information content (AvgIpc) is 2.34. The molecule has 0 aliphatic rings. The minimum atomic E-state index is -4.68. The predicted molar refractivity (Wildman–Crippen MR) is 53.4 cm³/mol. The highest BCUT2D eigenvalue weighted by Gasteiger charge is 2.33. The van der Waals surface area contributed by atoms with Gasteiger partial charge in [-0.2, -0.15) is 18.4 Å². The third kappa shape index (κ3) is 2.60. The van der Waals surface area contributed by atoms with E-state index in [1.54, 1.807) is 6.07 Å². The summed E-state index contributed by atoms with van der Waals surface area (Å²) in [6.45, 7) is -0.781. The molecule has 0 atom stereocenters. The Morgan fingerprint density at radius 2 is 2.11 bits per heavy atom. The van der Waals surface area contributed by atoms with Gasteiger partial charge >= 0.3 is 12.1 Å². The van der Waals surface area contributed by atoms with Gasteiger partial charge in [-0.3, -0.25) is 0 Å². The van der Waals surface area contributed by atoms with Crippen molar-refractivity contribution in [3.05, 3.63) is 34.4 Å². The lowest BCUT2D eigenvalue weighted by Gasteiger charge is -2.12. The molecule has 0 saturated carbocycles. The molecule has 7 heteroatoms. The number of hydrogen-bond acceptors (Lipinski definition) is 4. The van der Waals surface area contributed by atoms with Gasteiger partial charge in [0, 0.05) is 0 Å². The van der Waals surface area contributed by atoms with E-state index in [4.69, 9.17) is 10.4 Å². The molecule has 1 rings (SSSR count). The van der Waals surface area contributed by atoms with Crippen LogP contribution in [-0.4, -0.2) is 18.2 Å². The fourth-order valence-corrected chi connectivity index (χ4v) is 1.39. The van der Waals surface area contributed by atoms with Gasteiger partial charge in [0.05, 0.1) is 30.4 Å². The molecule has 1 aromatic carbocycles. The van der Waals surface area contributed by atoms with Gasteiger partial charge in [-0.1, -0.05) is 0 Å². The predicted octanol–water partition coefficient (Wildman–Crippen LogP) is 1.86. The van der Waals surface area contributed by atoms with Gasteiger partial charge in [0.2, 0.25) is 0 Å². The molecule has 0 amide bonds. The monoisotopic (exact) mass is 259 g/mol. The van der Waals surface area contributed by atoms with Crippen molar-refractivity contribution in [1.29, 1.82) is 5.26 Å². The van der Waals surface area contributed by atoms with E-state index >= 15 is 0 Å². The first-order valence-corrected chi connectivity index (χ1v) is 4.68. The Morgan fingerprint density at radius 3 is 2.50 bits per heavy atom. The molecular formula is C11H8F3NO3. The highest BCUT2D eigenvalue weighted by molar-refractivity contribution is 5.93. The molecule has 96 valence electrons. The van der Waals surface area contributed by atoms with Gasteiger partial charge in [-0.05, 0) is 17.7 Å². The van der Waals surface area contributed by atoms with Gasteiger partial charge < -0.3 is 9.84 Å². The number of nitriles is 1. The standard InChI is InChI=1S/C11H8F3NO3/c1-18-10(17)8-3-7(11(12,13)14)2-6(5-16)9(8)4-15/h2-3,16H,5H2,1H3. The number of carbonyl (C=O) groups is 1. The topological polar surface area (TPSA) is 70.3 Å². The molecule has 4 nitrogen and oxygen atoms in total. The number of alkyl halides is 3. The summed E-state index contributed by atoms with van der Waals surface area (Å²) < 4.78 is 42.0. The first-order chi connectivity index (χ1) is 8.35. The summed E-state index contributed by atoms with van der Waals surface area (Å²) in [5.74, 6) is -1.06. The Bertz CT molecular complexity index is 517. The molecule has 18 heavy (non-hydrogen) atoms. The van der Waals surface area contributed by atoms with E-state index < -0.39 is 29.9 Å². The molecule has 0 aliphatic carbocycles. The fraction of sp³-hybridized carbons (Fsp3) is 0.273. The van der Waals surface area contributed by atoms with Crippen molar-refractivity contribution < 1.29 is 27.8 Å². The van der Waals surface area contributed by atoms with Crippen LogP contribution in [0.4, 0.5) is 13.2 Å². The van der Waals surface area contributed by atoms with Crippen LogP contribution in [-0.2, 0) is 17.5 Å². The van der Waals surface area contributed by atoms with E-state index in [0.29, 0.717) is 12.1 Å². The molecule has 1 aromatic rings. The number of nitrogens with zero attached hydrogens (tertiary/aromatic N) is 1. The SMILES string of the molecule is COC(=O)c1cc(C(F)(F)F)cc(CO)c1C#N. The van der Waals surface area contributed by atoms with E-state index in [2.05, 4.69) is 4.74 Å². The Kier molecular flexibility index (Phi) is 3.93. The van der Waals surface area contributed by atoms with Crippen LogP contribution in [0.25, 0.3) is 0 Å². The number of methoxy groups -OCH3 is 1. The molecule has 0 aromatic heterocycles. The van der Waals surface area contributed by atoms with Gasteiger partial charge in [0.15, 0.2) is 0 Å². The Balaban J connectivity index is 3.57. The van der Waals surface area contributed by atoms with E-state index in [0.717, 1.165) is 7.11 Å². The first kappa shape index (κ1) is 14.0. The van der Waals surface area contributed by atoms with Crippen molar-refractivity contribution in [3.63, 3.8) is 0 Å². The summed E-state index contributed by atoms with van der Waals surface area (Å²) in [7, 11) is 0.988. The number of benzene rings is 1. The van der Waals surface area contributed by atoms with Crippen LogP contribution in [0.1, 0.15) is 27.0 Å². The van der Waals surface area contributed by atoms with Crippen LogP contribution >= 0.6 is 0 Å². The highest BCUT2D eigenvalue weighted by atomic mass is 19.4. The van der Waals surface area contributed by atoms with E-state index in [1.165, 1.54) is 0 Å². The Morgan fingerprint density at radius 1 is 1.50 bits per heavy atom. The number of aliphatic hydroxyl groups excluding tert-OH is 1. The van der Waals surface area contributed by atoms with Crippen LogP contribution in [0.5, 0.6) is 0 Å². The molecule has 0 fully saturated rings. The molecule has 0 saturated heterocycles. The van der Waals surface area contributed by atoms with Crippen molar-refractivity contribution >= 4 is 5.97 Å². The third-order valence-corrected chi connectivity index (χ3v) is 2.23. The van der Waals surface area contributed by atoms with Crippen molar-refractivity contribution in [2.45, 2.75) is 12.8 Å². The summed E-state index contributed by atoms with van der Waals surface area (Å²) in [6.07, 6.45) is -4.68. The van der Waals surface area contributed by atoms with Crippen molar-refractivity contribution in [2.75, 3.05) is 7.11 Å². The lowest BCUT2D eigenvalue weighted by Crippen LogP contribution is -2.12. The molecule has 0 spiro atoms. The molecule has 0 bridgehead atoms. The van der Waals surface area contributed by atoms with Crippen molar-refractivity contribution in [2.24, 2.45) is 0 Å². The third-order valence-electron chi connectivity index (χ3n) is 2.23. The average molecular weight is 259 g/mol. The summed E-state index contributed by atoms with van der Waals surface area (Å²) >= 11 is 0. The largest absolute Gasteiger partial charge is 0.465 e. The van der Waals surface area contributed by atoms with E-state index in [1.807, 2.05) is 0 Å². The second kappa shape index (κ2) is 5.06. The number of carbonyl (C=O) groups excluding carboxylic acids is 1. The van der Waals surface area contributed by atoms with Crippen LogP contribution in [0.3, 0.4) is 0 Å². The molecule has 0 radical (unpaired) electrons. The van der Waals surface area contributed by atoms with Gasteiger partial charge in [0.25, 0.3) is 0 Å². The number of halogens is 3. The number of ether oxygens (including phenoxy) is 1. The second-order valence-electron chi connectivity index (χ2n) is 3.32. The molecule has 1 N–H and O–H groups in total. The number of hydrogen-bond donors (Lipinski definition) is 1. The summed E-state index contributed by atoms with van der Waals surface area (Å²) in [5, 5.41) is 17.8. The number of esters is 1. The second-order valence-corrected chi connectivity index (χ2v) is 3.32. The molecular weight excluding hydrogens is 251 g/mol. The molecule has 0 aliphatic heterocycles. The van der Waals surface area contributed by atoms with Crippen LogP contribution < -0.4 is 0 Å². The first-order valence-electron chi connectivity index (χ1n) is 4.68. The van der Waals surface area contributed by atoms with Crippen molar-refractivity contribution in [3.8, 4) is 6.07 Å². The zero-order valence-corrected chi connectivity index (χ0v) is 9.21. The minimum absolute atomic E-state index is 0.271. The maximum atomic E-state index is 12.6. The van der Waals surface area contributed by atoms with Gasteiger partial charge in [-0.15, -0.1) is 0 Å². The summed E-state index contributed by atoms with van der Waals surface area (Å²) in [4.78, 5) is 11.3. The number of aliphatic hydroxyl groups is 1. The molecule has 0 unspecified atom stereocenters. The normalized spacial score (nSPS) is 10.9. The summed E-state index contributed by atoms with van der Waals surface area (Å²) in [6, 6.07) is 2.74. The maximum absolute atomic E-state index is 12.6. The van der Waals surface area contributed by atoms with Crippen molar-refractivity contribution in [1.82, 2.24) is 0 Å². The Labute approximate surface area is 100 Å². The van der Waals surface area contributed by atoms with Gasteiger partial charge in [0.1, 0.15) is 6.07 Å². The fourth-order valence-electron chi connectivity index (χ4n) is 1.39.